The topological polar surface area (TPSA) is 66.4 Å². The highest BCUT2D eigenvalue weighted by Gasteiger charge is 2.07. The van der Waals surface area contributed by atoms with Gasteiger partial charge in [-0.2, -0.15) is 0 Å². The zero-order valence-electron chi connectivity index (χ0n) is 17.6. The Hall–Kier alpha value is -1.16. The standard InChI is InChI=1S/C22H41NO3/c1-17(2)9-6-10-18(3)11-7-12-19(4)13-8-14-20(5)15-21(25)23-22(26)16-24/h15,17-19,24H,6-14,16H2,1-5H3,(H,23,25,26)/b20-15+/t18-,19-/m1/s1. The molecule has 152 valence electrons. The van der Waals surface area contributed by atoms with Crippen LogP contribution in [0.15, 0.2) is 11.6 Å². The molecule has 0 aromatic carbocycles. The quantitative estimate of drug-likeness (QED) is 0.424. The smallest absolute Gasteiger partial charge is 0.252 e. The van der Waals surface area contributed by atoms with Crippen LogP contribution < -0.4 is 5.32 Å². The molecule has 0 bridgehead atoms. The van der Waals surface area contributed by atoms with Crippen molar-refractivity contribution in [2.75, 3.05) is 6.61 Å². The van der Waals surface area contributed by atoms with Gasteiger partial charge < -0.3 is 5.11 Å². The molecule has 0 fully saturated rings. The molecule has 0 radical (unpaired) electrons. The van der Waals surface area contributed by atoms with Crippen LogP contribution in [-0.4, -0.2) is 23.5 Å². The molecule has 2 amide bonds. The number of aliphatic hydroxyl groups is 1. The number of amides is 2. The van der Waals surface area contributed by atoms with Crippen molar-refractivity contribution in [1.82, 2.24) is 5.32 Å². The molecule has 0 rings (SSSR count). The van der Waals surface area contributed by atoms with Crippen molar-refractivity contribution in [2.24, 2.45) is 17.8 Å². The van der Waals surface area contributed by atoms with Crippen molar-refractivity contribution in [2.45, 2.75) is 92.4 Å². The van der Waals surface area contributed by atoms with Gasteiger partial charge in [-0.1, -0.05) is 78.2 Å². The van der Waals surface area contributed by atoms with Crippen molar-refractivity contribution < 1.29 is 14.7 Å². The molecule has 0 aromatic heterocycles. The SMILES string of the molecule is C/C(=C\C(=O)NC(=O)CO)CCC[C@H](C)CCC[C@H](C)CCCC(C)C. The van der Waals surface area contributed by atoms with Gasteiger partial charge in [0.2, 0.25) is 0 Å². The minimum absolute atomic E-state index is 0.443. The van der Waals surface area contributed by atoms with Gasteiger partial charge in [0.1, 0.15) is 6.61 Å². The van der Waals surface area contributed by atoms with Crippen LogP contribution in [-0.2, 0) is 9.59 Å². The first-order valence-electron chi connectivity index (χ1n) is 10.4. The summed E-state index contributed by atoms with van der Waals surface area (Å²) in [6.45, 7) is 10.5. The molecule has 0 unspecified atom stereocenters. The number of hydrogen-bond acceptors (Lipinski definition) is 3. The minimum Gasteiger partial charge on any atom is -0.387 e. The van der Waals surface area contributed by atoms with Gasteiger partial charge in [-0.05, 0) is 37.5 Å². The first kappa shape index (κ1) is 24.8. The van der Waals surface area contributed by atoms with E-state index in [-0.39, 0.29) is 0 Å². The van der Waals surface area contributed by atoms with Gasteiger partial charge in [0.15, 0.2) is 0 Å². The molecule has 4 nitrogen and oxygen atoms in total. The molecule has 26 heavy (non-hydrogen) atoms. The second kappa shape index (κ2) is 15.0. The summed E-state index contributed by atoms with van der Waals surface area (Å²) in [5, 5.41) is 10.7. The second-order valence-electron chi connectivity index (χ2n) is 8.42. The molecule has 0 saturated heterocycles. The van der Waals surface area contributed by atoms with Gasteiger partial charge in [-0.25, -0.2) is 0 Å². The summed E-state index contributed by atoms with van der Waals surface area (Å²) in [6, 6.07) is 0. The van der Waals surface area contributed by atoms with Crippen LogP contribution in [0.1, 0.15) is 92.4 Å². The zero-order valence-corrected chi connectivity index (χ0v) is 17.6. The molecule has 2 atom stereocenters. The van der Waals surface area contributed by atoms with Crippen molar-refractivity contribution in [3.63, 3.8) is 0 Å². The predicted octanol–water partition coefficient (Wildman–Crippen LogP) is 5.01. The van der Waals surface area contributed by atoms with E-state index in [0.29, 0.717) is 0 Å². The lowest BCUT2D eigenvalue weighted by atomic mass is 9.91. The molecular formula is C22H41NO3. The van der Waals surface area contributed by atoms with Gasteiger partial charge in [-0.3, -0.25) is 14.9 Å². The average Bonchev–Trinajstić information content (AvgIpc) is 2.54. The van der Waals surface area contributed by atoms with E-state index in [1.807, 2.05) is 6.92 Å². The third-order valence-corrected chi connectivity index (χ3v) is 4.92. The Balaban J connectivity index is 3.80. The fourth-order valence-corrected chi connectivity index (χ4v) is 3.22. The van der Waals surface area contributed by atoms with Crippen LogP contribution in [0.5, 0.6) is 0 Å². The Kier molecular flexibility index (Phi) is 14.3. The summed E-state index contributed by atoms with van der Waals surface area (Å²) >= 11 is 0. The van der Waals surface area contributed by atoms with Gasteiger partial charge in [-0.15, -0.1) is 0 Å². The van der Waals surface area contributed by atoms with Crippen LogP contribution >= 0.6 is 0 Å². The lowest BCUT2D eigenvalue weighted by Gasteiger charge is -2.15. The molecule has 0 saturated carbocycles. The molecule has 0 aliphatic heterocycles. The largest absolute Gasteiger partial charge is 0.387 e. The van der Waals surface area contributed by atoms with E-state index >= 15 is 0 Å². The monoisotopic (exact) mass is 367 g/mol. The molecule has 0 heterocycles. The van der Waals surface area contributed by atoms with Gasteiger partial charge in [0.05, 0.1) is 0 Å². The second-order valence-corrected chi connectivity index (χ2v) is 8.42. The summed E-state index contributed by atoms with van der Waals surface area (Å²) in [6.07, 6.45) is 12.6. The maximum absolute atomic E-state index is 11.5. The lowest BCUT2D eigenvalue weighted by molar-refractivity contribution is -0.129. The highest BCUT2D eigenvalue weighted by atomic mass is 16.3. The molecular weight excluding hydrogens is 326 g/mol. The Morgan fingerprint density at radius 3 is 1.88 bits per heavy atom. The maximum atomic E-state index is 11.5. The van der Waals surface area contributed by atoms with E-state index in [1.54, 1.807) is 0 Å². The molecule has 0 aromatic rings. The van der Waals surface area contributed by atoms with Crippen molar-refractivity contribution >= 4 is 11.8 Å². The van der Waals surface area contributed by atoms with Crippen LogP contribution in [0.3, 0.4) is 0 Å². The first-order valence-corrected chi connectivity index (χ1v) is 10.4. The van der Waals surface area contributed by atoms with Crippen molar-refractivity contribution in [3.8, 4) is 0 Å². The first-order chi connectivity index (χ1) is 12.2. The highest BCUT2D eigenvalue weighted by Crippen LogP contribution is 2.21. The normalized spacial score (nSPS) is 14.3. The number of hydrogen-bond donors (Lipinski definition) is 2. The van der Waals surface area contributed by atoms with Crippen LogP contribution in [0.4, 0.5) is 0 Å². The van der Waals surface area contributed by atoms with Crippen LogP contribution in [0, 0.1) is 17.8 Å². The third kappa shape index (κ3) is 15.1. The Bertz CT molecular complexity index is 429. The van der Waals surface area contributed by atoms with Gasteiger partial charge in [0, 0.05) is 6.08 Å². The number of carbonyl (C=O) groups is 2. The summed E-state index contributed by atoms with van der Waals surface area (Å²) in [5.41, 5.74) is 0.971. The predicted molar refractivity (Wildman–Crippen MR) is 109 cm³/mol. The van der Waals surface area contributed by atoms with E-state index < -0.39 is 18.4 Å². The number of allylic oxidation sites excluding steroid dienone is 1. The fourth-order valence-electron chi connectivity index (χ4n) is 3.22. The number of rotatable bonds is 14. The Morgan fingerprint density at radius 1 is 0.885 bits per heavy atom. The number of nitrogens with one attached hydrogen (secondary N) is 1. The van der Waals surface area contributed by atoms with E-state index in [4.69, 9.17) is 5.11 Å². The summed E-state index contributed by atoms with van der Waals surface area (Å²) < 4.78 is 0. The van der Waals surface area contributed by atoms with Crippen molar-refractivity contribution in [1.29, 1.82) is 0 Å². The molecule has 0 aliphatic rings. The Labute approximate surface area is 160 Å². The number of imide groups is 1. The maximum Gasteiger partial charge on any atom is 0.252 e. The molecule has 4 heteroatoms. The zero-order chi connectivity index (χ0) is 19.9. The summed E-state index contributed by atoms with van der Waals surface area (Å²) in [5.74, 6) is 1.27. The van der Waals surface area contributed by atoms with Crippen LogP contribution in [0.2, 0.25) is 0 Å². The van der Waals surface area contributed by atoms with Gasteiger partial charge >= 0.3 is 0 Å². The minimum atomic E-state index is -0.661. The number of carbonyl (C=O) groups excluding carboxylic acids is 2. The highest BCUT2D eigenvalue weighted by molar-refractivity contribution is 6.01. The van der Waals surface area contributed by atoms with E-state index in [0.717, 1.165) is 36.2 Å². The lowest BCUT2D eigenvalue weighted by Crippen LogP contribution is -2.31. The molecule has 0 spiro atoms. The average molecular weight is 368 g/mol. The molecule has 2 N–H and O–H groups in total. The third-order valence-electron chi connectivity index (χ3n) is 4.92. The van der Waals surface area contributed by atoms with E-state index in [2.05, 4.69) is 33.0 Å². The number of aliphatic hydroxyl groups excluding tert-OH is 1. The van der Waals surface area contributed by atoms with Gasteiger partial charge in [0.25, 0.3) is 11.8 Å². The summed E-state index contributed by atoms with van der Waals surface area (Å²) in [4.78, 5) is 22.4. The molecule has 0 aliphatic carbocycles. The Morgan fingerprint density at radius 2 is 1.38 bits per heavy atom. The van der Waals surface area contributed by atoms with Crippen molar-refractivity contribution in [3.05, 3.63) is 11.6 Å². The van der Waals surface area contributed by atoms with Crippen LogP contribution in [0.25, 0.3) is 0 Å². The van der Waals surface area contributed by atoms with E-state index in [1.165, 1.54) is 51.0 Å². The summed E-state index contributed by atoms with van der Waals surface area (Å²) in [7, 11) is 0. The van der Waals surface area contributed by atoms with E-state index in [9.17, 15) is 9.59 Å². The fraction of sp³-hybridized carbons (Fsp3) is 0.818.